The summed E-state index contributed by atoms with van der Waals surface area (Å²) in [5, 5.41) is 8.22. The highest BCUT2D eigenvalue weighted by atomic mass is 79.9. The summed E-state index contributed by atoms with van der Waals surface area (Å²) in [4.78, 5) is 0. The van der Waals surface area contributed by atoms with Gasteiger partial charge in [0, 0.05) is 17.1 Å². The number of rotatable bonds is 3. The zero-order chi connectivity index (χ0) is 11.5. The molecule has 0 N–H and O–H groups in total. The number of hydrogen-bond acceptors (Lipinski definition) is 2. The Balaban J connectivity index is 2.23. The second-order valence-corrected chi connectivity index (χ2v) is 3.81. The van der Waals surface area contributed by atoms with E-state index in [2.05, 4.69) is 26.2 Å². The van der Waals surface area contributed by atoms with E-state index in [1.807, 2.05) is 0 Å². The molecule has 0 radical (unpaired) electrons. The van der Waals surface area contributed by atoms with Gasteiger partial charge in [-0.3, -0.25) is 0 Å². The van der Waals surface area contributed by atoms with Crippen molar-refractivity contribution in [1.29, 1.82) is 0 Å². The van der Waals surface area contributed by atoms with Gasteiger partial charge in [0.1, 0.15) is 0 Å². The van der Waals surface area contributed by atoms with Gasteiger partial charge in [-0.25, -0.2) is 13.5 Å². The molecule has 16 heavy (non-hydrogen) atoms. The number of hydrogen-bond donors (Lipinski definition) is 0. The fraction of sp³-hybridized carbons (Fsp3) is 0.200. The van der Waals surface area contributed by atoms with Crippen LogP contribution in [0, 0.1) is 11.6 Å². The Bertz CT molecular complexity index is 499. The van der Waals surface area contributed by atoms with E-state index in [-0.39, 0.29) is 12.1 Å². The maximum Gasteiger partial charge on any atom is 0.163 e. The van der Waals surface area contributed by atoms with Gasteiger partial charge in [0.2, 0.25) is 0 Å². The Labute approximate surface area is 99.2 Å². The molecule has 0 unspecified atom stereocenters. The lowest BCUT2D eigenvalue weighted by atomic mass is 10.2. The Morgan fingerprint density at radius 3 is 2.81 bits per heavy atom. The average Bonchev–Trinajstić information content (AvgIpc) is 2.73. The highest BCUT2D eigenvalue weighted by Crippen LogP contribution is 2.12. The lowest BCUT2D eigenvalue weighted by molar-refractivity contribution is 0.490. The molecule has 2 rings (SSSR count). The van der Waals surface area contributed by atoms with Gasteiger partial charge in [-0.15, -0.1) is 5.10 Å². The van der Waals surface area contributed by atoms with Crippen molar-refractivity contribution < 1.29 is 8.78 Å². The summed E-state index contributed by atoms with van der Waals surface area (Å²) in [6.45, 7) is 0.170. The Kier molecular flexibility index (Phi) is 3.28. The van der Waals surface area contributed by atoms with E-state index in [9.17, 15) is 8.78 Å². The second-order valence-electron chi connectivity index (χ2n) is 3.25. The Morgan fingerprint density at radius 2 is 2.12 bits per heavy atom. The molecule has 1 heterocycles. The fourth-order valence-electron chi connectivity index (χ4n) is 1.32. The van der Waals surface area contributed by atoms with E-state index in [1.54, 1.807) is 6.20 Å². The summed E-state index contributed by atoms with van der Waals surface area (Å²) >= 11 is 3.23. The first-order valence-electron chi connectivity index (χ1n) is 4.58. The summed E-state index contributed by atoms with van der Waals surface area (Å²) in [6, 6.07) is 4.08. The number of halogens is 3. The normalized spacial score (nSPS) is 10.7. The number of alkyl halides is 1. The molecule has 0 aliphatic carbocycles. The van der Waals surface area contributed by atoms with Gasteiger partial charge in [-0.2, -0.15) is 0 Å². The number of benzene rings is 1. The third-order valence-corrected chi connectivity index (χ3v) is 2.66. The van der Waals surface area contributed by atoms with Gasteiger partial charge >= 0.3 is 0 Å². The molecule has 0 aliphatic heterocycles. The SMILES string of the molecule is Fc1cccc(Cn2cc(CBr)nn2)c1F. The van der Waals surface area contributed by atoms with Crippen LogP contribution in [0.2, 0.25) is 0 Å². The van der Waals surface area contributed by atoms with Crippen molar-refractivity contribution in [3.8, 4) is 0 Å². The molecule has 0 amide bonds. The molecule has 0 spiro atoms. The smallest absolute Gasteiger partial charge is 0.163 e. The van der Waals surface area contributed by atoms with Crippen LogP contribution in [0.25, 0.3) is 0 Å². The molecule has 1 aromatic heterocycles. The monoisotopic (exact) mass is 287 g/mol. The van der Waals surface area contributed by atoms with Crippen molar-refractivity contribution in [2.45, 2.75) is 11.9 Å². The molecule has 1 aromatic carbocycles. The first-order valence-corrected chi connectivity index (χ1v) is 5.70. The zero-order valence-electron chi connectivity index (χ0n) is 8.20. The zero-order valence-corrected chi connectivity index (χ0v) is 9.79. The standard InChI is InChI=1S/C10H8BrF2N3/c11-4-8-6-16(15-14-8)5-7-2-1-3-9(12)10(7)13/h1-3,6H,4-5H2. The maximum atomic E-state index is 13.3. The van der Waals surface area contributed by atoms with Crippen LogP contribution in [0.15, 0.2) is 24.4 Å². The third kappa shape index (κ3) is 2.27. The summed E-state index contributed by atoms with van der Waals surface area (Å²) in [7, 11) is 0. The molecule has 0 atom stereocenters. The Hall–Kier alpha value is -1.30. The summed E-state index contributed by atoms with van der Waals surface area (Å²) in [6.07, 6.45) is 1.68. The highest BCUT2D eigenvalue weighted by molar-refractivity contribution is 9.08. The van der Waals surface area contributed by atoms with Gasteiger partial charge in [0.15, 0.2) is 11.6 Å². The van der Waals surface area contributed by atoms with Gasteiger partial charge < -0.3 is 0 Å². The molecule has 0 saturated carbocycles. The quantitative estimate of drug-likeness (QED) is 0.812. The molecule has 6 heteroatoms. The first kappa shape index (κ1) is 11.2. The minimum atomic E-state index is -0.849. The molecule has 0 aliphatic rings. The van der Waals surface area contributed by atoms with E-state index in [1.165, 1.54) is 16.8 Å². The lowest BCUT2D eigenvalue weighted by Crippen LogP contribution is -2.03. The molecule has 3 nitrogen and oxygen atoms in total. The van der Waals surface area contributed by atoms with Crippen molar-refractivity contribution in [3.63, 3.8) is 0 Å². The van der Waals surface area contributed by atoms with Crippen LogP contribution in [0.3, 0.4) is 0 Å². The van der Waals surface area contributed by atoms with E-state index in [0.717, 1.165) is 11.8 Å². The van der Waals surface area contributed by atoms with Crippen molar-refractivity contribution in [2.75, 3.05) is 0 Å². The van der Waals surface area contributed by atoms with Crippen LogP contribution in [-0.4, -0.2) is 15.0 Å². The summed E-state index contributed by atoms with van der Waals surface area (Å²) < 4.78 is 27.7. The minimum Gasteiger partial charge on any atom is -0.248 e. The Morgan fingerprint density at radius 1 is 1.31 bits per heavy atom. The second kappa shape index (κ2) is 4.69. The van der Waals surface area contributed by atoms with Crippen LogP contribution in [0.4, 0.5) is 8.78 Å². The van der Waals surface area contributed by atoms with Crippen LogP contribution in [-0.2, 0) is 11.9 Å². The van der Waals surface area contributed by atoms with Crippen LogP contribution in [0.5, 0.6) is 0 Å². The highest BCUT2D eigenvalue weighted by Gasteiger charge is 2.08. The molecule has 0 bridgehead atoms. The minimum absolute atomic E-state index is 0.170. The van der Waals surface area contributed by atoms with Crippen LogP contribution >= 0.6 is 15.9 Å². The number of aromatic nitrogens is 3. The van der Waals surface area contributed by atoms with E-state index in [4.69, 9.17) is 0 Å². The van der Waals surface area contributed by atoms with Crippen LogP contribution in [0.1, 0.15) is 11.3 Å². The maximum absolute atomic E-state index is 13.3. The van der Waals surface area contributed by atoms with Gasteiger partial charge in [-0.05, 0) is 6.07 Å². The molecular formula is C10H8BrF2N3. The molecule has 84 valence electrons. The lowest BCUT2D eigenvalue weighted by Gasteiger charge is -2.02. The van der Waals surface area contributed by atoms with Crippen molar-refractivity contribution in [3.05, 3.63) is 47.3 Å². The van der Waals surface area contributed by atoms with E-state index in [0.29, 0.717) is 5.33 Å². The molecule has 0 saturated heterocycles. The fourth-order valence-corrected chi connectivity index (χ4v) is 1.58. The predicted octanol–water partition coefficient (Wildman–Crippen LogP) is 2.50. The van der Waals surface area contributed by atoms with Gasteiger partial charge in [-0.1, -0.05) is 33.3 Å². The number of nitrogens with zero attached hydrogens (tertiary/aromatic N) is 3. The van der Waals surface area contributed by atoms with Gasteiger partial charge in [0.05, 0.1) is 12.2 Å². The molecule has 0 fully saturated rings. The van der Waals surface area contributed by atoms with Crippen molar-refractivity contribution in [1.82, 2.24) is 15.0 Å². The topological polar surface area (TPSA) is 30.7 Å². The van der Waals surface area contributed by atoms with Gasteiger partial charge in [0.25, 0.3) is 0 Å². The van der Waals surface area contributed by atoms with Crippen molar-refractivity contribution in [2.24, 2.45) is 0 Å². The molecular weight excluding hydrogens is 280 g/mol. The average molecular weight is 288 g/mol. The molecule has 2 aromatic rings. The van der Waals surface area contributed by atoms with Crippen LogP contribution < -0.4 is 0 Å². The summed E-state index contributed by atoms with van der Waals surface area (Å²) in [5.74, 6) is -1.68. The summed E-state index contributed by atoms with van der Waals surface area (Å²) in [5.41, 5.74) is 1.00. The largest absolute Gasteiger partial charge is 0.248 e. The van der Waals surface area contributed by atoms with Crippen molar-refractivity contribution >= 4 is 15.9 Å². The van der Waals surface area contributed by atoms with E-state index >= 15 is 0 Å². The third-order valence-electron chi connectivity index (χ3n) is 2.09. The first-order chi connectivity index (χ1) is 7.70. The predicted molar refractivity (Wildman–Crippen MR) is 58.1 cm³/mol. The van der Waals surface area contributed by atoms with E-state index < -0.39 is 11.6 Å².